The predicted molar refractivity (Wildman–Crippen MR) is 70.6 cm³/mol. The van der Waals surface area contributed by atoms with Crippen molar-refractivity contribution in [1.29, 1.82) is 0 Å². The summed E-state index contributed by atoms with van der Waals surface area (Å²) in [7, 11) is 0. The summed E-state index contributed by atoms with van der Waals surface area (Å²) in [4.78, 5) is 4.47. The summed E-state index contributed by atoms with van der Waals surface area (Å²) in [6.45, 7) is 3.04. The van der Waals surface area contributed by atoms with Crippen molar-refractivity contribution in [1.82, 2.24) is 4.98 Å². The molecule has 2 rings (SSSR count). The SMILES string of the molecule is CSC1(CNc2ccc(Br)c(C)n2)CC1. The lowest BCUT2D eigenvalue weighted by Gasteiger charge is -2.13. The number of aryl methyl sites for hydroxylation is 1. The van der Waals surface area contributed by atoms with Gasteiger partial charge in [-0.2, -0.15) is 11.8 Å². The van der Waals surface area contributed by atoms with Gasteiger partial charge in [-0.1, -0.05) is 0 Å². The zero-order valence-electron chi connectivity index (χ0n) is 9.01. The van der Waals surface area contributed by atoms with E-state index in [0.717, 1.165) is 22.5 Å². The molecule has 2 nitrogen and oxygen atoms in total. The Bertz CT molecular complexity index is 364. The van der Waals surface area contributed by atoms with Crippen LogP contribution in [0.5, 0.6) is 0 Å². The number of anilines is 1. The first kappa shape index (κ1) is 11.3. The Balaban J connectivity index is 1.96. The summed E-state index contributed by atoms with van der Waals surface area (Å²) < 4.78 is 1.56. The van der Waals surface area contributed by atoms with Crippen molar-refractivity contribution in [2.45, 2.75) is 24.5 Å². The predicted octanol–water partition coefficient (Wildman–Crippen LogP) is 3.46. The fraction of sp³-hybridized carbons (Fsp3) is 0.545. The Labute approximate surface area is 103 Å². The number of nitrogens with one attached hydrogen (secondary N) is 1. The van der Waals surface area contributed by atoms with Crippen LogP contribution < -0.4 is 5.32 Å². The van der Waals surface area contributed by atoms with Crippen molar-refractivity contribution in [2.75, 3.05) is 18.1 Å². The standard InChI is InChI=1S/C11H15BrN2S/c1-8-9(12)3-4-10(14-8)13-7-11(15-2)5-6-11/h3-4H,5-7H2,1-2H3,(H,13,14). The van der Waals surface area contributed by atoms with Gasteiger partial charge in [0.25, 0.3) is 0 Å². The van der Waals surface area contributed by atoms with Crippen LogP contribution in [0.1, 0.15) is 18.5 Å². The summed E-state index contributed by atoms with van der Waals surface area (Å²) in [5.41, 5.74) is 1.04. The highest BCUT2D eigenvalue weighted by molar-refractivity contribution is 9.10. The number of rotatable bonds is 4. The minimum atomic E-state index is 0.489. The normalized spacial score (nSPS) is 17.5. The molecule has 0 unspecified atom stereocenters. The lowest BCUT2D eigenvalue weighted by Crippen LogP contribution is -2.18. The lowest BCUT2D eigenvalue weighted by atomic mass is 10.3. The quantitative estimate of drug-likeness (QED) is 0.918. The van der Waals surface area contributed by atoms with Crippen molar-refractivity contribution >= 4 is 33.5 Å². The highest BCUT2D eigenvalue weighted by atomic mass is 79.9. The summed E-state index contributed by atoms with van der Waals surface area (Å²) in [5.74, 6) is 0.982. The van der Waals surface area contributed by atoms with Gasteiger partial charge in [-0.15, -0.1) is 0 Å². The molecule has 1 fully saturated rings. The number of pyridine rings is 1. The van der Waals surface area contributed by atoms with E-state index in [9.17, 15) is 0 Å². The fourth-order valence-electron chi connectivity index (χ4n) is 1.49. The number of thioether (sulfide) groups is 1. The number of nitrogens with zero attached hydrogens (tertiary/aromatic N) is 1. The van der Waals surface area contributed by atoms with Crippen LogP contribution in [-0.2, 0) is 0 Å². The van der Waals surface area contributed by atoms with Gasteiger partial charge in [0.15, 0.2) is 0 Å². The maximum absolute atomic E-state index is 4.47. The van der Waals surface area contributed by atoms with E-state index >= 15 is 0 Å². The maximum atomic E-state index is 4.47. The largest absolute Gasteiger partial charge is 0.369 e. The second kappa shape index (κ2) is 4.34. The second-order valence-corrected chi connectivity index (χ2v) is 6.13. The van der Waals surface area contributed by atoms with Gasteiger partial charge in [0.1, 0.15) is 5.82 Å². The van der Waals surface area contributed by atoms with Crippen LogP contribution in [0, 0.1) is 6.92 Å². The molecular weight excluding hydrogens is 272 g/mol. The van der Waals surface area contributed by atoms with Gasteiger partial charge in [0.2, 0.25) is 0 Å². The Hall–Kier alpha value is -0.220. The highest BCUT2D eigenvalue weighted by Gasteiger charge is 2.41. The number of hydrogen-bond donors (Lipinski definition) is 1. The van der Waals surface area contributed by atoms with Crippen LogP contribution in [0.4, 0.5) is 5.82 Å². The first-order chi connectivity index (χ1) is 7.15. The van der Waals surface area contributed by atoms with Gasteiger partial charge in [-0.25, -0.2) is 4.98 Å². The van der Waals surface area contributed by atoms with Gasteiger partial charge < -0.3 is 5.32 Å². The van der Waals surface area contributed by atoms with Gasteiger partial charge in [0, 0.05) is 15.8 Å². The summed E-state index contributed by atoms with van der Waals surface area (Å²) in [6, 6.07) is 4.07. The van der Waals surface area contributed by atoms with E-state index < -0.39 is 0 Å². The summed E-state index contributed by atoms with van der Waals surface area (Å²) in [5, 5.41) is 3.41. The Kier molecular flexibility index (Phi) is 3.26. The third-order valence-electron chi connectivity index (χ3n) is 2.85. The number of hydrogen-bond acceptors (Lipinski definition) is 3. The van der Waals surface area contributed by atoms with E-state index in [4.69, 9.17) is 0 Å². The minimum absolute atomic E-state index is 0.489. The molecule has 82 valence electrons. The molecule has 15 heavy (non-hydrogen) atoms. The van der Waals surface area contributed by atoms with Crippen molar-refractivity contribution in [3.8, 4) is 0 Å². The van der Waals surface area contributed by atoms with Crippen molar-refractivity contribution in [2.24, 2.45) is 0 Å². The van der Waals surface area contributed by atoms with Crippen molar-refractivity contribution < 1.29 is 0 Å². The average Bonchev–Trinajstić information content (AvgIpc) is 3.01. The molecular formula is C11H15BrN2S. The van der Waals surface area contributed by atoms with Gasteiger partial charge >= 0.3 is 0 Å². The average molecular weight is 287 g/mol. The van der Waals surface area contributed by atoms with Crippen LogP contribution in [-0.4, -0.2) is 22.5 Å². The third-order valence-corrected chi connectivity index (χ3v) is 5.11. The molecule has 1 aromatic rings. The van der Waals surface area contributed by atoms with E-state index in [1.807, 2.05) is 30.8 Å². The van der Waals surface area contributed by atoms with Crippen molar-refractivity contribution in [3.05, 3.63) is 22.3 Å². The Morgan fingerprint density at radius 3 is 2.80 bits per heavy atom. The molecule has 0 aromatic carbocycles. The van der Waals surface area contributed by atoms with Gasteiger partial charge in [-0.05, 0) is 54.1 Å². The lowest BCUT2D eigenvalue weighted by molar-refractivity contribution is 0.937. The molecule has 1 aliphatic rings. The van der Waals surface area contributed by atoms with E-state index in [1.165, 1.54) is 12.8 Å². The van der Waals surface area contributed by atoms with Crippen LogP contribution in [0.15, 0.2) is 16.6 Å². The Morgan fingerprint density at radius 2 is 2.27 bits per heavy atom. The molecule has 1 aliphatic carbocycles. The first-order valence-corrected chi connectivity index (χ1v) is 7.09. The van der Waals surface area contributed by atoms with Gasteiger partial charge in [-0.3, -0.25) is 0 Å². The molecule has 0 spiro atoms. The zero-order chi connectivity index (χ0) is 10.9. The molecule has 1 aromatic heterocycles. The molecule has 4 heteroatoms. The first-order valence-electron chi connectivity index (χ1n) is 5.07. The monoisotopic (exact) mass is 286 g/mol. The zero-order valence-corrected chi connectivity index (χ0v) is 11.4. The topological polar surface area (TPSA) is 24.9 Å². The van der Waals surface area contributed by atoms with E-state index in [0.29, 0.717) is 4.75 Å². The number of aromatic nitrogens is 1. The minimum Gasteiger partial charge on any atom is -0.369 e. The fourth-order valence-corrected chi connectivity index (χ4v) is 2.43. The molecule has 0 atom stereocenters. The molecule has 1 N–H and O–H groups in total. The molecule has 0 saturated heterocycles. The van der Waals surface area contributed by atoms with Crippen LogP contribution in [0.3, 0.4) is 0 Å². The number of halogens is 1. The smallest absolute Gasteiger partial charge is 0.126 e. The molecule has 0 radical (unpaired) electrons. The van der Waals surface area contributed by atoms with E-state index in [-0.39, 0.29) is 0 Å². The Morgan fingerprint density at radius 1 is 1.53 bits per heavy atom. The molecule has 0 aliphatic heterocycles. The van der Waals surface area contributed by atoms with Crippen LogP contribution >= 0.6 is 27.7 Å². The van der Waals surface area contributed by atoms with Gasteiger partial charge in [0.05, 0.1) is 5.69 Å². The maximum Gasteiger partial charge on any atom is 0.126 e. The molecule has 0 amide bonds. The highest BCUT2D eigenvalue weighted by Crippen LogP contribution is 2.46. The summed E-state index contributed by atoms with van der Waals surface area (Å²) in [6.07, 6.45) is 4.85. The summed E-state index contributed by atoms with van der Waals surface area (Å²) >= 11 is 5.42. The molecule has 0 bridgehead atoms. The van der Waals surface area contributed by atoms with Crippen molar-refractivity contribution in [3.63, 3.8) is 0 Å². The van der Waals surface area contributed by atoms with E-state index in [2.05, 4.69) is 32.5 Å². The molecule has 1 saturated carbocycles. The van der Waals surface area contributed by atoms with Crippen LogP contribution in [0.25, 0.3) is 0 Å². The molecule has 1 heterocycles. The van der Waals surface area contributed by atoms with E-state index in [1.54, 1.807) is 0 Å². The second-order valence-electron chi connectivity index (χ2n) is 4.00. The van der Waals surface area contributed by atoms with Crippen LogP contribution in [0.2, 0.25) is 0 Å². The third kappa shape index (κ3) is 2.67.